The molecule has 2 aromatic carbocycles. The molecule has 77 valence electrons. The third-order valence-electron chi connectivity index (χ3n) is 2.14. The predicted octanol–water partition coefficient (Wildman–Crippen LogP) is 5.23. The number of halogens is 3. The molecule has 2 aromatic rings. The van der Waals surface area contributed by atoms with Gasteiger partial charge in [0.25, 0.3) is 0 Å². The van der Waals surface area contributed by atoms with Crippen molar-refractivity contribution in [2.45, 2.75) is 2.14 Å². The molecule has 0 heterocycles. The van der Waals surface area contributed by atoms with Crippen LogP contribution in [0.3, 0.4) is 0 Å². The fraction of sp³-hybridized carbons (Fsp3) is 0.0833. The van der Waals surface area contributed by atoms with Gasteiger partial charge in [-0.25, -0.2) is 0 Å². The van der Waals surface area contributed by atoms with Crippen molar-refractivity contribution in [3.63, 3.8) is 0 Å². The lowest BCUT2D eigenvalue weighted by atomic mass is 10.0. The topological polar surface area (TPSA) is 0 Å². The molecule has 0 bridgehead atoms. The number of alkyl halides is 3. The molecule has 3 heteroatoms. The first kappa shape index (κ1) is 11.6. The van der Waals surface area contributed by atoms with Gasteiger partial charge in [-0.05, 0) is 16.3 Å². The van der Waals surface area contributed by atoms with Crippen LogP contribution in [-0.2, 0) is 0 Å². The molecule has 0 spiro atoms. The standard InChI is InChI=1S/C12H8Br3/c13-12(14,15)8-10-6-3-5-9-4-1-2-7-11(9)10/h1-8H. The van der Waals surface area contributed by atoms with Crippen molar-refractivity contribution in [2.75, 3.05) is 0 Å². The molecule has 1 radical (unpaired) electrons. The first-order valence-electron chi connectivity index (χ1n) is 4.47. The Morgan fingerprint density at radius 2 is 1.53 bits per heavy atom. The van der Waals surface area contributed by atoms with E-state index in [1.165, 1.54) is 16.3 Å². The zero-order chi connectivity index (χ0) is 10.9. The van der Waals surface area contributed by atoms with E-state index < -0.39 is 0 Å². The lowest BCUT2D eigenvalue weighted by Gasteiger charge is -2.13. The van der Waals surface area contributed by atoms with Gasteiger partial charge in [-0.3, -0.25) is 0 Å². The van der Waals surface area contributed by atoms with Crippen molar-refractivity contribution in [3.05, 3.63) is 54.4 Å². The van der Waals surface area contributed by atoms with Gasteiger partial charge >= 0.3 is 0 Å². The van der Waals surface area contributed by atoms with Crippen LogP contribution in [0.15, 0.2) is 42.5 Å². The van der Waals surface area contributed by atoms with Crippen LogP contribution < -0.4 is 0 Å². The first-order chi connectivity index (χ1) is 7.06. The van der Waals surface area contributed by atoms with Crippen LogP contribution in [-0.4, -0.2) is 2.14 Å². The predicted molar refractivity (Wildman–Crippen MR) is 76.9 cm³/mol. The largest absolute Gasteiger partial charge is 0.142 e. The van der Waals surface area contributed by atoms with Crippen LogP contribution in [0.4, 0.5) is 0 Å². The molecule has 0 atom stereocenters. The highest BCUT2D eigenvalue weighted by molar-refractivity contribution is 9.39. The molecule has 15 heavy (non-hydrogen) atoms. The molecule has 0 fully saturated rings. The van der Waals surface area contributed by atoms with Gasteiger partial charge < -0.3 is 0 Å². The number of rotatable bonds is 1. The second-order valence-corrected chi connectivity index (χ2v) is 10.2. The first-order valence-corrected chi connectivity index (χ1v) is 6.84. The van der Waals surface area contributed by atoms with Gasteiger partial charge in [-0.1, -0.05) is 90.3 Å². The van der Waals surface area contributed by atoms with Crippen LogP contribution in [0.5, 0.6) is 0 Å². The summed E-state index contributed by atoms with van der Waals surface area (Å²) in [6, 6.07) is 14.6. The fourth-order valence-corrected chi connectivity index (χ4v) is 2.29. The van der Waals surface area contributed by atoms with E-state index in [4.69, 9.17) is 0 Å². The Labute approximate surface area is 114 Å². The summed E-state index contributed by atoms with van der Waals surface area (Å²) in [5, 5.41) is 2.51. The molecule has 0 aromatic heterocycles. The van der Waals surface area contributed by atoms with Gasteiger partial charge in [-0.15, -0.1) is 0 Å². The van der Waals surface area contributed by atoms with Crippen LogP contribution >= 0.6 is 47.8 Å². The molecule has 0 aliphatic rings. The Hall–Kier alpha value is 0.140. The summed E-state index contributed by atoms with van der Waals surface area (Å²) < 4.78 is -0.336. The Morgan fingerprint density at radius 3 is 2.27 bits per heavy atom. The third kappa shape index (κ3) is 3.05. The molecule has 0 saturated carbocycles. The van der Waals surface area contributed by atoms with Crippen molar-refractivity contribution in [3.8, 4) is 0 Å². The van der Waals surface area contributed by atoms with E-state index in [1.807, 2.05) is 0 Å². The normalized spacial score (nSPS) is 11.9. The van der Waals surface area contributed by atoms with Crippen LogP contribution in [0.2, 0.25) is 0 Å². The molecule has 0 aliphatic heterocycles. The summed E-state index contributed by atoms with van der Waals surface area (Å²) in [5.74, 6) is 0. The van der Waals surface area contributed by atoms with E-state index in [9.17, 15) is 0 Å². The highest BCUT2D eigenvalue weighted by atomic mass is 80.0. The average Bonchev–Trinajstić information content (AvgIpc) is 2.16. The number of fused-ring (bicyclic) bond motifs is 1. The average molecular weight is 392 g/mol. The van der Waals surface area contributed by atoms with E-state index in [0.717, 1.165) is 0 Å². The summed E-state index contributed by atoms with van der Waals surface area (Å²) in [6.07, 6.45) is 2.08. The minimum atomic E-state index is -0.336. The van der Waals surface area contributed by atoms with Gasteiger partial charge in [0.15, 0.2) is 0 Å². The molecule has 0 aliphatic carbocycles. The van der Waals surface area contributed by atoms with Gasteiger partial charge in [0.1, 0.15) is 2.14 Å². The quantitative estimate of drug-likeness (QED) is 0.584. The Balaban J connectivity index is 2.52. The summed E-state index contributed by atoms with van der Waals surface area (Å²) in [5.41, 5.74) is 1.19. The van der Waals surface area contributed by atoms with Crippen molar-refractivity contribution in [1.29, 1.82) is 0 Å². The van der Waals surface area contributed by atoms with E-state index in [1.54, 1.807) is 0 Å². The van der Waals surface area contributed by atoms with Crippen LogP contribution in [0, 0.1) is 6.42 Å². The lowest BCUT2D eigenvalue weighted by Crippen LogP contribution is -2.01. The second-order valence-electron chi connectivity index (χ2n) is 3.25. The van der Waals surface area contributed by atoms with E-state index in [0.29, 0.717) is 0 Å². The Kier molecular flexibility index (Phi) is 3.53. The smallest absolute Gasteiger partial charge is 0.0616 e. The summed E-state index contributed by atoms with van der Waals surface area (Å²) in [7, 11) is 0. The van der Waals surface area contributed by atoms with Gasteiger partial charge in [0, 0.05) is 6.42 Å². The van der Waals surface area contributed by atoms with E-state index >= 15 is 0 Å². The number of hydrogen-bond donors (Lipinski definition) is 0. The molecule has 0 N–H and O–H groups in total. The zero-order valence-corrected chi connectivity index (χ0v) is 12.5. The van der Waals surface area contributed by atoms with Gasteiger partial charge in [-0.2, -0.15) is 0 Å². The molecular weight excluding hydrogens is 384 g/mol. The Morgan fingerprint density at radius 1 is 0.867 bits per heavy atom. The van der Waals surface area contributed by atoms with Crippen molar-refractivity contribution in [2.24, 2.45) is 0 Å². The van der Waals surface area contributed by atoms with Crippen molar-refractivity contribution < 1.29 is 0 Å². The van der Waals surface area contributed by atoms with Gasteiger partial charge in [0.2, 0.25) is 0 Å². The number of hydrogen-bond acceptors (Lipinski definition) is 0. The minimum Gasteiger partial charge on any atom is -0.0616 e. The molecular formula is C12H8Br3. The van der Waals surface area contributed by atoms with Gasteiger partial charge in [0.05, 0.1) is 0 Å². The van der Waals surface area contributed by atoms with E-state index in [-0.39, 0.29) is 2.14 Å². The molecule has 0 nitrogen and oxygen atoms in total. The maximum Gasteiger partial charge on any atom is 0.142 e. The maximum absolute atomic E-state index is 3.48. The zero-order valence-electron chi connectivity index (χ0n) is 7.75. The highest BCUT2D eigenvalue weighted by Gasteiger charge is 2.19. The molecule has 0 saturated heterocycles. The lowest BCUT2D eigenvalue weighted by molar-refractivity contribution is 1.41. The maximum atomic E-state index is 3.48. The third-order valence-corrected chi connectivity index (χ3v) is 2.83. The molecule has 2 rings (SSSR count). The number of benzene rings is 2. The molecule has 0 amide bonds. The highest BCUT2D eigenvalue weighted by Crippen LogP contribution is 2.39. The molecule has 0 unspecified atom stereocenters. The monoisotopic (exact) mass is 389 g/mol. The summed E-state index contributed by atoms with van der Waals surface area (Å²) in [6.45, 7) is 0. The second kappa shape index (κ2) is 4.56. The van der Waals surface area contributed by atoms with E-state index in [2.05, 4.69) is 96.7 Å². The van der Waals surface area contributed by atoms with Crippen LogP contribution in [0.25, 0.3) is 10.8 Å². The van der Waals surface area contributed by atoms with Crippen LogP contribution in [0.1, 0.15) is 5.56 Å². The Bertz CT molecular complexity index is 466. The minimum absolute atomic E-state index is 0.336. The SMILES string of the molecule is BrC(Br)(Br)[CH]c1cccc2ccccc12. The summed E-state index contributed by atoms with van der Waals surface area (Å²) >= 11 is 10.4. The summed E-state index contributed by atoms with van der Waals surface area (Å²) in [4.78, 5) is 0. The fourth-order valence-electron chi connectivity index (χ4n) is 1.55. The van der Waals surface area contributed by atoms with Crippen molar-refractivity contribution >= 4 is 58.6 Å². The van der Waals surface area contributed by atoms with Crippen molar-refractivity contribution in [1.82, 2.24) is 0 Å².